The van der Waals surface area contributed by atoms with E-state index < -0.39 is 23.1 Å². The van der Waals surface area contributed by atoms with Gasteiger partial charge < -0.3 is 15.3 Å². The van der Waals surface area contributed by atoms with Gasteiger partial charge in [0.1, 0.15) is 23.0 Å². The van der Waals surface area contributed by atoms with Gasteiger partial charge in [-0.3, -0.25) is 14.4 Å². The molecule has 128 valence electrons. The van der Waals surface area contributed by atoms with Crippen LogP contribution in [-0.2, 0) is 11.2 Å². The topological polar surface area (TPSA) is 112 Å². The van der Waals surface area contributed by atoms with Gasteiger partial charge in [0.15, 0.2) is 5.78 Å². The van der Waals surface area contributed by atoms with Crippen molar-refractivity contribution in [1.29, 1.82) is 0 Å². The van der Waals surface area contributed by atoms with E-state index in [4.69, 9.17) is 0 Å². The number of rotatable bonds is 4. The Morgan fingerprint density at radius 3 is 2.12 bits per heavy atom. The molecular formula is C19H16O6. The van der Waals surface area contributed by atoms with E-state index in [1.807, 2.05) is 6.92 Å². The standard InChI is InChI=1S/C19H16O6/c1-2-3-10(20)4-9-5-12-16(14(22)6-9)19(25)17-13(18(12)24)7-11(21)8-15(17)23/h5-8,21-23H,2-4H2,1H3. The zero-order valence-corrected chi connectivity index (χ0v) is 13.5. The number of carbonyl (C=O) groups is 3. The number of aromatic hydroxyl groups is 3. The molecule has 1 aliphatic rings. The number of hydrogen-bond acceptors (Lipinski definition) is 6. The summed E-state index contributed by atoms with van der Waals surface area (Å²) >= 11 is 0. The molecule has 0 unspecified atom stereocenters. The van der Waals surface area contributed by atoms with Gasteiger partial charge in [-0.15, -0.1) is 0 Å². The fraction of sp³-hybridized carbons (Fsp3) is 0.211. The summed E-state index contributed by atoms with van der Waals surface area (Å²) in [7, 11) is 0. The first-order chi connectivity index (χ1) is 11.8. The average Bonchev–Trinajstić information content (AvgIpc) is 2.51. The van der Waals surface area contributed by atoms with Gasteiger partial charge >= 0.3 is 0 Å². The number of fused-ring (bicyclic) bond motifs is 2. The lowest BCUT2D eigenvalue weighted by molar-refractivity contribution is -0.118. The van der Waals surface area contributed by atoms with Crippen molar-refractivity contribution in [3.8, 4) is 17.2 Å². The molecule has 2 aromatic carbocycles. The average molecular weight is 340 g/mol. The Hall–Kier alpha value is -3.15. The van der Waals surface area contributed by atoms with Crippen LogP contribution in [0, 0.1) is 0 Å². The lowest BCUT2D eigenvalue weighted by Crippen LogP contribution is -2.21. The molecule has 0 radical (unpaired) electrons. The Morgan fingerprint density at radius 2 is 1.48 bits per heavy atom. The minimum Gasteiger partial charge on any atom is -0.508 e. The third-order valence-electron chi connectivity index (χ3n) is 4.15. The van der Waals surface area contributed by atoms with Crippen molar-refractivity contribution in [3.63, 3.8) is 0 Å². The maximum absolute atomic E-state index is 12.7. The molecule has 0 saturated carbocycles. The summed E-state index contributed by atoms with van der Waals surface area (Å²) in [4.78, 5) is 37.2. The maximum atomic E-state index is 12.7. The second kappa shape index (κ2) is 6.05. The number of phenolic OH excluding ortho intramolecular Hbond substituents is 3. The van der Waals surface area contributed by atoms with Crippen LogP contribution in [0.1, 0.15) is 57.2 Å². The van der Waals surface area contributed by atoms with Crippen LogP contribution in [0.4, 0.5) is 0 Å². The number of phenols is 3. The summed E-state index contributed by atoms with van der Waals surface area (Å²) < 4.78 is 0. The van der Waals surface area contributed by atoms with Crippen molar-refractivity contribution in [2.24, 2.45) is 0 Å². The van der Waals surface area contributed by atoms with Gasteiger partial charge in [-0.2, -0.15) is 0 Å². The number of ketones is 3. The summed E-state index contributed by atoms with van der Waals surface area (Å²) in [5.41, 5.74) is -0.192. The maximum Gasteiger partial charge on any atom is 0.201 e. The fourth-order valence-electron chi connectivity index (χ4n) is 3.10. The van der Waals surface area contributed by atoms with E-state index in [-0.39, 0.29) is 40.2 Å². The first-order valence-corrected chi connectivity index (χ1v) is 7.86. The Bertz CT molecular complexity index is 926. The second-order valence-corrected chi connectivity index (χ2v) is 6.05. The molecule has 0 aromatic heterocycles. The molecule has 0 spiro atoms. The van der Waals surface area contributed by atoms with E-state index in [1.54, 1.807) is 0 Å². The Kier molecular flexibility index (Phi) is 4.04. The van der Waals surface area contributed by atoms with Crippen LogP contribution in [0.5, 0.6) is 17.2 Å². The number of hydrogen-bond donors (Lipinski definition) is 3. The van der Waals surface area contributed by atoms with Crippen molar-refractivity contribution in [2.75, 3.05) is 0 Å². The second-order valence-electron chi connectivity index (χ2n) is 6.05. The number of benzene rings is 2. The summed E-state index contributed by atoms with van der Waals surface area (Å²) in [5, 5.41) is 29.7. The highest BCUT2D eigenvalue weighted by molar-refractivity contribution is 6.30. The van der Waals surface area contributed by atoms with E-state index >= 15 is 0 Å². The van der Waals surface area contributed by atoms with Crippen LogP contribution in [-0.4, -0.2) is 32.7 Å². The molecule has 0 aliphatic heterocycles. The smallest absolute Gasteiger partial charge is 0.201 e. The van der Waals surface area contributed by atoms with Gasteiger partial charge in [-0.25, -0.2) is 0 Å². The van der Waals surface area contributed by atoms with E-state index in [0.717, 1.165) is 12.1 Å². The SMILES string of the molecule is CCCC(=O)Cc1cc(O)c2c(c1)C(=O)c1cc(O)cc(O)c1C2=O. The lowest BCUT2D eigenvalue weighted by atomic mass is 9.81. The highest BCUT2D eigenvalue weighted by atomic mass is 16.3. The molecule has 0 saturated heterocycles. The molecule has 0 heterocycles. The van der Waals surface area contributed by atoms with Crippen LogP contribution < -0.4 is 0 Å². The van der Waals surface area contributed by atoms with Crippen molar-refractivity contribution in [1.82, 2.24) is 0 Å². The zero-order valence-electron chi connectivity index (χ0n) is 13.5. The molecule has 3 N–H and O–H groups in total. The van der Waals surface area contributed by atoms with Gasteiger partial charge in [0, 0.05) is 30.0 Å². The number of Topliss-reactive ketones (excluding diaryl/α,β-unsaturated/α-hetero) is 1. The lowest BCUT2D eigenvalue weighted by Gasteiger charge is -2.20. The fourth-order valence-corrected chi connectivity index (χ4v) is 3.10. The van der Waals surface area contributed by atoms with Crippen LogP contribution in [0.2, 0.25) is 0 Å². The minimum absolute atomic E-state index is 0.0351. The number of carbonyl (C=O) groups excluding carboxylic acids is 3. The normalized spacial score (nSPS) is 12.7. The Labute approximate surface area is 143 Å². The molecule has 6 nitrogen and oxygen atoms in total. The van der Waals surface area contributed by atoms with Crippen molar-refractivity contribution in [2.45, 2.75) is 26.2 Å². The molecule has 1 aliphatic carbocycles. The predicted octanol–water partition coefficient (Wildman–Crippen LogP) is 2.49. The monoisotopic (exact) mass is 340 g/mol. The molecule has 0 bridgehead atoms. The Morgan fingerprint density at radius 1 is 0.880 bits per heavy atom. The molecule has 2 aromatic rings. The third kappa shape index (κ3) is 2.76. The first-order valence-electron chi connectivity index (χ1n) is 7.86. The Balaban J connectivity index is 2.14. The third-order valence-corrected chi connectivity index (χ3v) is 4.15. The van der Waals surface area contributed by atoms with Crippen LogP contribution in [0.15, 0.2) is 24.3 Å². The van der Waals surface area contributed by atoms with E-state index in [1.165, 1.54) is 12.1 Å². The highest BCUT2D eigenvalue weighted by Crippen LogP contribution is 2.39. The molecule has 0 fully saturated rings. The first kappa shape index (κ1) is 16.7. The van der Waals surface area contributed by atoms with Crippen molar-refractivity contribution >= 4 is 17.3 Å². The molecule has 3 rings (SSSR count). The van der Waals surface area contributed by atoms with Crippen LogP contribution >= 0.6 is 0 Å². The summed E-state index contributed by atoms with van der Waals surface area (Å²) in [5.74, 6) is -2.62. The van der Waals surface area contributed by atoms with Gasteiger partial charge in [0.05, 0.1) is 11.1 Å². The molecule has 25 heavy (non-hydrogen) atoms. The summed E-state index contributed by atoms with van der Waals surface area (Å²) in [6.07, 6.45) is 1.13. The molecule has 0 amide bonds. The van der Waals surface area contributed by atoms with Gasteiger partial charge in [-0.05, 0) is 30.2 Å². The van der Waals surface area contributed by atoms with Gasteiger partial charge in [-0.1, -0.05) is 6.92 Å². The molecule has 0 atom stereocenters. The van der Waals surface area contributed by atoms with E-state index in [9.17, 15) is 29.7 Å². The van der Waals surface area contributed by atoms with Crippen molar-refractivity contribution < 1.29 is 29.7 Å². The quantitative estimate of drug-likeness (QED) is 0.673. The minimum atomic E-state index is -0.703. The van der Waals surface area contributed by atoms with Gasteiger partial charge in [0.25, 0.3) is 0 Å². The van der Waals surface area contributed by atoms with E-state index in [0.29, 0.717) is 18.4 Å². The largest absolute Gasteiger partial charge is 0.508 e. The van der Waals surface area contributed by atoms with Crippen LogP contribution in [0.3, 0.4) is 0 Å². The zero-order chi connectivity index (χ0) is 18.3. The summed E-state index contributed by atoms with van der Waals surface area (Å²) in [6.45, 7) is 1.88. The van der Waals surface area contributed by atoms with E-state index in [2.05, 4.69) is 0 Å². The highest BCUT2D eigenvalue weighted by Gasteiger charge is 2.35. The summed E-state index contributed by atoms with van der Waals surface area (Å²) in [6, 6.07) is 4.76. The molecular weight excluding hydrogens is 324 g/mol. The van der Waals surface area contributed by atoms with Gasteiger partial charge in [0.2, 0.25) is 5.78 Å². The molecule has 6 heteroatoms. The van der Waals surface area contributed by atoms with Crippen molar-refractivity contribution in [3.05, 3.63) is 52.1 Å². The van der Waals surface area contributed by atoms with Crippen LogP contribution in [0.25, 0.3) is 0 Å². The predicted molar refractivity (Wildman–Crippen MR) is 88.4 cm³/mol.